The topological polar surface area (TPSA) is 418 Å². The lowest BCUT2D eigenvalue weighted by Gasteiger charge is -2.30. The maximum Gasteiger partial charge on any atom is 0.509 e. The number of rotatable bonds is 48. The number of nitrogens with zero attached hydrogens (tertiary/aromatic N) is 3. The molecule has 8 rings (SSSR count). The van der Waals surface area contributed by atoms with Crippen LogP contribution in [-0.2, 0) is 117 Å². The van der Waals surface area contributed by atoms with Gasteiger partial charge in [0, 0.05) is 71.8 Å². The molecule has 0 saturated heterocycles. The molecule has 0 spiro atoms. The molecule has 0 unspecified atom stereocenters. The van der Waals surface area contributed by atoms with Gasteiger partial charge in [0.1, 0.15) is 38.2 Å². The van der Waals surface area contributed by atoms with Gasteiger partial charge < -0.3 is 105 Å². The number of benzene rings is 2. The summed E-state index contributed by atoms with van der Waals surface area (Å²) in [6, 6.07) is 11.9. The molecular weight excluding hydrogens is 1340 g/mol. The highest BCUT2D eigenvalue weighted by atomic mass is 16.7. The second-order valence-corrected chi connectivity index (χ2v) is 24.5. The highest BCUT2D eigenvalue weighted by Gasteiger charge is 2.39. The molecule has 1 fully saturated rings. The van der Waals surface area contributed by atoms with Crippen LogP contribution in [0.2, 0.25) is 0 Å². The van der Waals surface area contributed by atoms with Crippen molar-refractivity contribution in [1.29, 1.82) is 0 Å². The third kappa shape index (κ3) is 25.8. The minimum Gasteiger partial charge on any atom is -0.508 e. The summed E-state index contributed by atoms with van der Waals surface area (Å²) in [6.07, 6.45) is 6.44. The first-order valence-corrected chi connectivity index (χ1v) is 34.9. The number of amides is 6. The van der Waals surface area contributed by atoms with E-state index < -0.39 is 60.8 Å². The smallest absolute Gasteiger partial charge is 0.508 e. The van der Waals surface area contributed by atoms with E-state index in [2.05, 4.69) is 26.6 Å². The fraction of sp³-hybridized carbons (Fsp3) is 0.549. The molecule has 32 heteroatoms. The van der Waals surface area contributed by atoms with Crippen molar-refractivity contribution in [1.82, 2.24) is 35.7 Å². The second kappa shape index (κ2) is 43.2. The third-order valence-electron chi connectivity index (χ3n) is 17.1. The Morgan fingerprint density at radius 2 is 1.31 bits per heavy atom. The maximum absolute atomic E-state index is 13.9. The van der Waals surface area contributed by atoms with Gasteiger partial charge in [0.05, 0.1) is 141 Å². The van der Waals surface area contributed by atoms with Gasteiger partial charge in [0.2, 0.25) is 29.7 Å². The quantitative estimate of drug-likeness (QED) is 0.0157. The molecule has 0 radical (unpaired) electrons. The second-order valence-electron chi connectivity index (χ2n) is 24.5. The van der Waals surface area contributed by atoms with Crippen LogP contribution in [0.4, 0.5) is 10.5 Å². The number of ether oxygens (including phenoxy) is 12. The number of aromatic nitrogens is 2. The zero-order valence-corrected chi connectivity index (χ0v) is 58.2. The van der Waals surface area contributed by atoms with Crippen molar-refractivity contribution in [3.8, 4) is 17.1 Å². The summed E-state index contributed by atoms with van der Waals surface area (Å²) in [7, 11) is 0. The minimum atomic E-state index is -1.59. The number of carbonyl (C=O) groups excluding carboxylic acids is 8. The molecule has 2 aromatic carbocycles. The summed E-state index contributed by atoms with van der Waals surface area (Å²) in [5, 5.41) is 25.0. The Morgan fingerprint density at radius 3 is 1.92 bits per heavy atom. The molecule has 2 aromatic heterocycles. The summed E-state index contributed by atoms with van der Waals surface area (Å²) >= 11 is 0. The Labute approximate surface area is 596 Å². The standard InChI is InChI=1S/C71H96N10O22/c1-2-53-54-37-52(82)14-15-58(54)79-65-56(53)42-80-60(65)38-55-57(69(80)89)44-101-70(90)66(55)103-71(91)102-43-48-8-12-51(13-9-48)77-68(88)59(5-3-4-18-72)78-62(84)46-100-45-61(83)75-20-22-93-24-26-95-28-30-97-32-34-99-36-35-98-33-31-96-29-27-94-25-23-92-21-19-74-39-50(73)40-76-67(87)49-10-6-47(7-11-49)41-81-63(85)16-17-64(81)86/h8-9,12-17,37-39,47,49,59,66,74,82H,2-7,10-11,18-36,40-46,72-73H2,1H3,(H,75,83)(H,76,87)(H,77,88)(H,78,84)/b50-39-/t47?,49?,59-,66+/m1/s1. The highest BCUT2D eigenvalue weighted by Crippen LogP contribution is 2.40. The molecule has 4 aliphatic rings. The number of esters is 1. The van der Waals surface area contributed by atoms with Crippen LogP contribution in [0.3, 0.4) is 0 Å². The molecule has 6 amide bonds. The van der Waals surface area contributed by atoms with E-state index in [9.17, 15) is 48.3 Å². The average Bonchev–Trinajstić information content (AvgIpc) is 1.60. The summed E-state index contributed by atoms with van der Waals surface area (Å²) in [5.74, 6) is -2.87. The molecule has 562 valence electrons. The Morgan fingerprint density at radius 1 is 0.709 bits per heavy atom. The van der Waals surface area contributed by atoms with Crippen LogP contribution in [-0.4, -0.2) is 225 Å². The molecule has 10 N–H and O–H groups in total. The number of pyridine rings is 2. The van der Waals surface area contributed by atoms with Crippen molar-refractivity contribution < 1.29 is 100 Å². The maximum atomic E-state index is 13.9. The zero-order chi connectivity index (χ0) is 73.1. The summed E-state index contributed by atoms with van der Waals surface area (Å²) < 4.78 is 67.2. The van der Waals surface area contributed by atoms with Crippen LogP contribution >= 0.6 is 0 Å². The van der Waals surface area contributed by atoms with Crippen molar-refractivity contribution in [2.45, 2.75) is 90.2 Å². The van der Waals surface area contributed by atoms with Crippen LogP contribution < -0.4 is 43.6 Å². The van der Waals surface area contributed by atoms with Crippen LogP contribution in [0.25, 0.3) is 22.3 Å². The number of unbranched alkanes of at least 4 members (excludes halogenated alkanes) is 1. The lowest BCUT2D eigenvalue weighted by atomic mass is 9.81. The van der Waals surface area contributed by atoms with E-state index in [-0.39, 0.29) is 92.3 Å². The summed E-state index contributed by atoms with van der Waals surface area (Å²) in [4.78, 5) is 121. The summed E-state index contributed by atoms with van der Waals surface area (Å²) in [5.41, 5.74) is 16.4. The van der Waals surface area contributed by atoms with E-state index in [0.717, 1.165) is 29.4 Å². The molecule has 1 aliphatic carbocycles. The fourth-order valence-electron chi connectivity index (χ4n) is 11.8. The van der Waals surface area contributed by atoms with Crippen molar-refractivity contribution in [2.75, 3.05) is 157 Å². The number of carbonyl (C=O) groups is 8. The minimum absolute atomic E-state index is 0.0449. The average molecular weight is 1440 g/mol. The van der Waals surface area contributed by atoms with Crippen molar-refractivity contribution in [2.24, 2.45) is 23.3 Å². The van der Waals surface area contributed by atoms with Crippen LogP contribution in [0, 0.1) is 11.8 Å². The number of fused-ring (bicyclic) bond motifs is 5. The van der Waals surface area contributed by atoms with Gasteiger partial charge in [-0.05, 0) is 111 Å². The predicted molar refractivity (Wildman–Crippen MR) is 370 cm³/mol. The van der Waals surface area contributed by atoms with Gasteiger partial charge in [0.25, 0.3) is 17.4 Å². The number of imide groups is 1. The van der Waals surface area contributed by atoms with E-state index in [1.165, 1.54) is 23.1 Å². The van der Waals surface area contributed by atoms with Crippen LogP contribution in [0.1, 0.15) is 85.8 Å². The number of hydrogen-bond donors (Lipinski definition) is 8. The first kappa shape index (κ1) is 79.7. The molecule has 3 aliphatic heterocycles. The molecule has 2 atom stereocenters. The van der Waals surface area contributed by atoms with E-state index in [1.54, 1.807) is 53.2 Å². The van der Waals surface area contributed by atoms with Gasteiger partial charge in [-0.15, -0.1) is 0 Å². The zero-order valence-electron chi connectivity index (χ0n) is 58.2. The first-order chi connectivity index (χ1) is 50.1. The van der Waals surface area contributed by atoms with Crippen molar-refractivity contribution in [3.63, 3.8) is 0 Å². The van der Waals surface area contributed by atoms with E-state index in [0.29, 0.717) is 185 Å². The highest BCUT2D eigenvalue weighted by molar-refractivity contribution is 6.12. The Balaban J connectivity index is 0.563. The number of anilines is 1. The van der Waals surface area contributed by atoms with E-state index >= 15 is 0 Å². The number of phenols is 1. The Kier molecular flexibility index (Phi) is 33.5. The normalized spacial score (nSPS) is 16.4. The van der Waals surface area contributed by atoms with Gasteiger partial charge in [-0.25, -0.2) is 14.6 Å². The lowest BCUT2D eigenvalue weighted by Crippen LogP contribution is -2.45. The number of aromatic hydroxyl groups is 1. The monoisotopic (exact) mass is 1440 g/mol. The largest absolute Gasteiger partial charge is 0.509 e. The summed E-state index contributed by atoms with van der Waals surface area (Å²) in [6.45, 7) is 8.63. The van der Waals surface area contributed by atoms with Gasteiger partial charge in [-0.2, -0.15) is 0 Å². The number of nitrogens with one attached hydrogen (secondary N) is 5. The number of nitrogens with two attached hydrogens (primary N) is 2. The van der Waals surface area contributed by atoms with Crippen LogP contribution in [0.15, 0.2) is 77.4 Å². The molecule has 103 heavy (non-hydrogen) atoms. The molecule has 1 saturated carbocycles. The van der Waals surface area contributed by atoms with Gasteiger partial charge in [-0.3, -0.25) is 38.5 Å². The number of hydrogen-bond acceptors (Lipinski definition) is 26. The van der Waals surface area contributed by atoms with E-state index in [4.69, 9.17) is 73.3 Å². The fourth-order valence-corrected chi connectivity index (χ4v) is 11.8. The molecule has 32 nitrogen and oxygen atoms in total. The number of cyclic esters (lactones) is 1. The predicted octanol–water partition coefficient (Wildman–Crippen LogP) is 2.20. The Hall–Kier alpha value is -8.96. The lowest BCUT2D eigenvalue weighted by molar-refractivity contribution is -0.159. The van der Waals surface area contributed by atoms with Gasteiger partial charge >= 0.3 is 12.1 Å². The number of phenolic OH excluding ortho intramolecular Hbond substituents is 1. The SMILES string of the molecule is CCc1c2c(nc3ccc(O)cc13)-c1cc3c(c(=O)n1C2)COC(=O)[C@H]3OC(=O)OCc1ccc(NC(=O)[C@@H](CCCCN)NC(=O)COCC(=O)NCCOCCOCCOCCOCCOCCOCCOCCOCCN/C=C(\N)CNC(=O)C2CCC(CN3C(=O)C=CC3=O)CC2)cc1. The number of aryl methyl sites for hydroxylation is 1. The third-order valence-corrected chi connectivity index (χ3v) is 17.1. The molecular formula is C71H96N10O22. The van der Waals surface area contributed by atoms with Crippen LogP contribution in [0.5, 0.6) is 5.75 Å². The van der Waals surface area contributed by atoms with E-state index in [1.807, 2.05) is 6.92 Å². The van der Waals surface area contributed by atoms with Crippen molar-refractivity contribution in [3.05, 3.63) is 111 Å². The molecule has 5 heterocycles. The molecule has 4 aromatic rings. The first-order valence-electron chi connectivity index (χ1n) is 34.9. The van der Waals surface area contributed by atoms with Gasteiger partial charge in [0.15, 0.2) is 0 Å². The van der Waals surface area contributed by atoms with Crippen molar-refractivity contribution >= 4 is 64.2 Å². The van der Waals surface area contributed by atoms with Gasteiger partial charge in [-0.1, -0.05) is 19.1 Å². The Bertz CT molecular complexity index is 3580. The molecule has 0 bridgehead atoms.